The van der Waals surface area contributed by atoms with Crippen LogP contribution < -0.4 is 21.2 Å². The molecule has 3 N–H and O–H groups in total. The Labute approximate surface area is 337 Å². The number of aromatic hydroxyl groups is 1. The number of nitrogens with zero attached hydrogens (tertiary/aromatic N) is 6. The minimum atomic E-state index is -1.78. The number of aromatic nitrogens is 4. The maximum Gasteiger partial charge on any atom is 0.329 e. The van der Waals surface area contributed by atoms with Gasteiger partial charge in [0, 0.05) is 63.5 Å². The Balaban J connectivity index is 0.742. The molecule has 3 amide bonds. The number of aryl methyl sites for hydroxylation is 2. The smallest absolute Gasteiger partial charge is 0.329 e. The number of fused-ring (bicyclic) bond motifs is 3. The molecule has 1 saturated carbocycles. The summed E-state index contributed by atoms with van der Waals surface area (Å²) in [5.74, 6) is -6.50. The first-order chi connectivity index (χ1) is 28.4. The third-order valence-corrected chi connectivity index (χ3v) is 13.2. The lowest BCUT2D eigenvalue weighted by Gasteiger charge is -2.28. The second kappa shape index (κ2) is 15.5. The van der Waals surface area contributed by atoms with Gasteiger partial charge in [0.25, 0.3) is 5.91 Å². The zero-order valence-corrected chi connectivity index (χ0v) is 32.8. The first-order valence-corrected chi connectivity index (χ1v) is 20.6. The molecule has 1 unspecified atom stereocenters. The normalized spacial score (nSPS) is 23.7. The van der Waals surface area contributed by atoms with Crippen LogP contribution in [0.5, 0.6) is 5.75 Å². The highest BCUT2D eigenvalue weighted by molar-refractivity contribution is 6.00. The number of phenols is 1. The first-order valence-electron chi connectivity index (χ1n) is 20.6. The highest BCUT2D eigenvalue weighted by Gasteiger charge is 2.40. The average molecular weight is 813 g/mol. The van der Waals surface area contributed by atoms with E-state index in [9.17, 15) is 37.5 Å². The molecule has 2 aromatic heterocycles. The van der Waals surface area contributed by atoms with Crippen LogP contribution in [0.2, 0.25) is 0 Å². The van der Waals surface area contributed by atoms with Crippen molar-refractivity contribution in [3.63, 3.8) is 0 Å². The molecule has 59 heavy (non-hydrogen) atoms. The number of imide groups is 1. The van der Waals surface area contributed by atoms with Crippen LogP contribution in [0, 0.1) is 35.2 Å². The van der Waals surface area contributed by atoms with E-state index in [2.05, 4.69) is 44.8 Å². The summed E-state index contributed by atoms with van der Waals surface area (Å²) in [5, 5.41) is 20.3. The molecule has 5 aromatic rings. The number of carbonyl (C=O) groups excluding carboxylic acids is 3. The van der Waals surface area contributed by atoms with E-state index in [-0.39, 0.29) is 36.5 Å². The zero-order valence-electron chi connectivity index (χ0n) is 32.8. The van der Waals surface area contributed by atoms with Crippen LogP contribution >= 0.6 is 0 Å². The molecule has 3 saturated heterocycles. The van der Waals surface area contributed by atoms with Gasteiger partial charge in [-0.3, -0.25) is 33.5 Å². The third kappa shape index (κ3) is 7.36. The Bertz CT molecular complexity index is 2530. The highest BCUT2D eigenvalue weighted by atomic mass is 19.2. The molecule has 9 rings (SSSR count). The van der Waals surface area contributed by atoms with Crippen molar-refractivity contribution in [2.45, 2.75) is 63.5 Å². The van der Waals surface area contributed by atoms with Gasteiger partial charge in [-0.1, -0.05) is 6.07 Å². The van der Waals surface area contributed by atoms with Gasteiger partial charge < -0.3 is 20.2 Å². The van der Waals surface area contributed by atoms with Gasteiger partial charge >= 0.3 is 5.69 Å². The number of halogens is 3. The number of carbonyl (C=O) groups is 3. The highest BCUT2D eigenvalue weighted by Crippen LogP contribution is 2.37. The molecule has 3 aromatic carbocycles. The van der Waals surface area contributed by atoms with E-state index >= 15 is 0 Å². The summed E-state index contributed by atoms with van der Waals surface area (Å²) in [6.07, 6.45) is 7.82. The van der Waals surface area contributed by atoms with Crippen molar-refractivity contribution in [3.05, 3.63) is 87.7 Å². The molecule has 5 heterocycles. The van der Waals surface area contributed by atoms with Crippen LogP contribution in [0.4, 0.5) is 18.9 Å². The van der Waals surface area contributed by atoms with Crippen molar-refractivity contribution in [1.29, 1.82) is 0 Å². The van der Waals surface area contributed by atoms with Crippen molar-refractivity contribution < 1.29 is 32.7 Å². The molecular formula is C43H47F3N8O5. The fourth-order valence-electron chi connectivity index (χ4n) is 9.89. The van der Waals surface area contributed by atoms with Gasteiger partial charge in [0.05, 0.1) is 28.2 Å². The van der Waals surface area contributed by atoms with Crippen molar-refractivity contribution in [2.75, 3.05) is 44.2 Å². The number of benzene rings is 3. The van der Waals surface area contributed by atoms with Crippen LogP contribution in [0.15, 0.2) is 53.5 Å². The molecule has 3 atom stereocenters. The van der Waals surface area contributed by atoms with E-state index in [1.807, 2.05) is 22.9 Å². The Morgan fingerprint density at radius 1 is 0.915 bits per heavy atom. The molecule has 1 aliphatic carbocycles. The molecule has 16 heteroatoms. The van der Waals surface area contributed by atoms with Crippen LogP contribution in [-0.2, 0) is 23.1 Å². The molecule has 0 spiro atoms. The molecule has 13 nitrogen and oxygen atoms in total. The number of amides is 3. The molecule has 4 aliphatic rings. The number of anilines is 1. The lowest BCUT2D eigenvalue weighted by molar-refractivity contribution is -0.135. The van der Waals surface area contributed by atoms with E-state index in [1.54, 1.807) is 11.6 Å². The standard InChI is InChI=1S/C43H47F3N8O5/c1-50-36-15-24(6-11-34(36)54(43(50)59)35-12-13-37(55)48-42(35)58)3-2-14-51-19-27-21-52(22-28(27)20-51)30-10-7-26-23-53(49-33(26)16-30)29-8-4-25(5-9-29)18-47-41(57)31-17-32(44)40(56)39(46)38(31)45/h6-7,10-11,15-17,23,25,27-29,35,56H,2-5,8-9,12-14,18-22H2,1H3,(H,47,57)(H,48,55,58)/t25-,27-,28-,29-,35?/m0/s1. The van der Waals surface area contributed by atoms with Crippen LogP contribution in [0.3, 0.4) is 0 Å². The average Bonchev–Trinajstić information content (AvgIpc) is 3.99. The van der Waals surface area contributed by atoms with E-state index in [4.69, 9.17) is 5.10 Å². The second-order valence-corrected chi connectivity index (χ2v) is 16.9. The summed E-state index contributed by atoms with van der Waals surface area (Å²) in [6.45, 7) is 5.40. The lowest BCUT2D eigenvalue weighted by Crippen LogP contribution is -2.44. The lowest BCUT2D eigenvalue weighted by atomic mass is 9.86. The van der Waals surface area contributed by atoms with E-state index in [1.165, 1.54) is 10.3 Å². The number of phenolic OH excluding ortho intramolecular Hbond substituents is 1. The molecular weight excluding hydrogens is 766 g/mol. The van der Waals surface area contributed by atoms with E-state index in [0.29, 0.717) is 29.8 Å². The van der Waals surface area contributed by atoms with Crippen LogP contribution in [0.25, 0.3) is 21.9 Å². The van der Waals surface area contributed by atoms with Crippen LogP contribution in [-0.4, -0.2) is 85.9 Å². The maximum absolute atomic E-state index is 14.1. The fourth-order valence-corrected chi connectivity index (χ4v) is 9.89. The van der Waals surface area contributed by atoms with Crippen molar-refractivity contribution >= 4 is 45.3 Å². The summed E-state index contributed by atoms with van der Waals surface area (Å²) in [5.41, 5.74) is 3.75. The van der Waals surface area contributed by atoms with E-state index < -0.39 is 46.6 Å². The minimum absolute atomic E-state index is 0.133. The monoisotopic (exact) mass is 812 g/mol. The number of hydrogen-bond acceptors (Lipinski definition) is 8. The van der Waals surface area contributed by atoms with Crippen molar-refractivity contribution in [1.82, 2.24) is 34.4 Å². The SMILES string of the molecule is Cn1c(=O)n(C2CCC(=O)NC2=O)c2ccc(CCCN3C[C@H]4CN(c5ccc6cn([C@H]7CC[C@H](CNC(=O)c8cc(F)c(O)c(F)c8F)CC7)nc6c5)C[C@@H]4C3)cc21. The number of likely N-dealkylation sites (tertiary alicyclic amines) is 1. The summed E-state index contributed by atoms with van der Waals surface area (Å²) in [4.78, 5) is 54.9. The fraction of sp³-hybridized carbons (Fsp3) is 0.465. The summed E-state index contributed by atoms with van der Waals surface area (Å²) < 4.78 is 46.8. The van der Waals surface area contributed by atoms with Crippen molar-refractivity contribution in [3.8, 4) is 5.75 Å². The predicted octanol–water partition coefficient (Wildman–Crippen LogP) is 4.95. The first kappa shape index (κ1) is 38.9. The van der Waals surface area contributed by atoms with Gasteiger partial charge in [-0.2, -0.15) is 9.49 Å². The predicted molar refractivity (Wildman–Crippen MR) is 214 cm³/mol. The molecule has 3 aliphatic heterocycles. The third-order valence-electron chi connectivity index (χ3n) is 13.2. The van der Waals surface area contributed by atoms with Crippen LogP contribution in [0.1, 0.15) is 73.0 Å². The summed E-state index contributed by atoms with van der Waals surface area (Å²) >= 11 is 0. The number of nitrogens with one attached hydrogen (secondary N) is 2. The summed E-state index contributed by atoms with van der Waals surface area (Å²) in [7, 11) is 1.72. The molecule has 0 radical (unpaired) electrons. The molecule has 4 fully saturated rings. The molecule has 0 bridgehead atoms. The number of hydrogen-bond donors (Lipinski definition) is 3. The zero-order chi connectivity index (χ0) is 41.1. The van der Waals surface area contributed by atoms with Crippen molar-refractivity contribution in [2.24, 2.45) is 24.8 Å². The Morgan fingerprint density at radius 2 is 1.68 bits per heavy atom. The van der Waals surface area contributed by atoms with Gasteiger partial charge in [0.15, 0.2) is 17.4 Å². The number of piperidine rings is 1. The minimum Gasteiger partial charge on any atom is -0.503 e. The van der Waals surface area contributed by atoms with Gasteiger partial charge in [-0.25, -0.2) is 13.6 Å². The largest absolute Gasteiger partial charge is 0.503 e. The van der Waals surface area contributed by atoms with Gasteiger partial charge in [0.2, 0.25) is 17.6 Å². The number of rotatable bonds is 10. The topological polar surface area (TPSA) is 147 Å². The summed E-state index contributed by atoms with van der Waals surface area (Å²) in [6, 6.07) is 12.6. The van der Waals surface area contributed by atoms with Gasteiger partial charge in [-0.15, -0.1) is 0 Å². The number of imidazole rings is 1. The van der Waals surface area contributed by atoms with E-state index in [0.717, 1.165) is 93.2 Å². The Morgan fingerprint density at radius 3 is 2.42 bits per heavy atom. The molecule has 310 valence electrons. The Hall–Kier alpha value is -5.64. The second-order valence-electron chi connectivity index (χ2n) is 16.9. The maximum atomic E-state index is 14.1. The van der Waals surface area contributed by atoms with Gasteiger partial charge in [-0.05, 0) is 111 Å². The quantitative estimate of drug-likeness (QED) is 0.133. The van der Waals surface area contributed by atoms with Gasteiger partial charge in [0.1, 0.15) is 6.04 Å². The Kier molecular flexibility index (Phi) is 10.2.